The standard InChI is InChI=1S/C6H9N4O/c1-5(2)6-7-9-10(8-6)3-4-11/h5H,3H2,1-2H3. The van der Waals surface area contributed by atoms with Gasteiger partial charge < -0.3 is 0 Å². The van der Waals surface area contributed by atoms with Gasteiger partial charge in [0.2, 0.25) is 6.29 Å². The molecule has 0 saturated carbocycles. The zero-order chi connectivity index (χ0) is 8.27. The van der Waals surface area contributed by atoms with Crippen molar-refractivity contribution in [2.45, 2.75) is 26.3 Å². The topological polar surface area (TPSA) is 60.7 Å². The first-order chi connectivity index (χ1) is 5.24. The predicted octanol–water partition coefficient (Wildman–Crippen LogP) is -0.0938. The Morgan fingerprint density at radius 2 is 2.36 bits per heavy atom. The van der Waals surface area contributed by atoms with Gasteiger partial charge >= 0.3 is 0 Å². The van der Waals surface area contributed by atoms with Gasteiger partial charge in [0.05, 0.1) is 0 Å². The second-order valence-electron chi connectivity index (χ2n) is 2.48. The van der Waals surface area contributed by atoms with Gasteiger partial charge in [0.15, 0.2) is 5.82 Å². The fraction of sp³-hybridized carbons (Fsp3) is 0.667. The molecular formula is C6H9N4O. The maximum absolute atomic E-state index is 9.90. The first kappa shape index (κ1) is 7.84. The van der Waals surface area contributed by atoms with Gasteiger partial charge in [-0.05, 0) is 5.21 Å². The van der Waals surface area contributed by atoms with Crippen molar-refractivity contribution in [2.75, 3.05) is 0 Å². The second-order valence-corrected chi connectivity index (χ2v) is 2.48. The molecule has 0 amide bonds. The molecule has 0 bridgehead atoms. The van der Waals surface area contributed by atoms with Crippen LogP contribution in [0.15, 0.2) is 0 Å². The van der Waals surface area contributed by atoms with E-state index in [2.05, 4.69) is 15.4 Å². The zero-order valence-electron chi connectivity index (χ0n) is 6.48. The van der Waals surface area contributed by atoms with E-state index in [9.17, 15) is 4.79 Å². The highest BCUT2D eigenvalue weighted by molar-refractivity contribution is 5.49. The maximum atomic E-state index is 9.90. The molecule has 0 aliphatic rings. The van der Waals surface area contributed by atoms with Gasteiger partial charge in [-0.25, -0.2) is 0 Å². The highest BCUT2D eigenvalue weighted by Gasteiger charge is 2.05. The molecule has 0 N–H and O–H groups in total. The molecule has 0 unspecified atom stereocenters. The molecule has 11 heavy (non-hydrogen) atoms. The van der Waals surface area contributed by atoms with Crippen LogP contribution in [-0.4, -0.2) is 26.5 Å². The van der Waals surface area contributed by atoms with Crippen molar-refractivity contribution in [1.29, 1.82) is 0 Å². The normalized spacial score (nSPS) is 10.5. The van der Waals surface area contributed by atoms with Crippen LogP contribution in [0.4, 0.5) is 0 Å². The van der Waals surface area contributed by atoms with Crippen LogP contribution in [0.2, 0.25) is 0 Å². The third-order valence-corrected chi connectivity index (χ3v) is 1.19. The van der Waals surface area contributed by atoms with E-state index < -0.39 is 0 Å². The second kappa shape index (κ2) is 3.23. The fourth-order valence-electron chi connectivity index (χ4n) is 0.611. The predicted molar refractivity (Wildman–Crippen MR) is 37.6 cm³/mol. The molecule has 0 saturated heterocycles. The zero-order valence-corrected chi connectivity index (χ0v) is 6.48. The van der Waals surface area contributed by atoms with Gasteiger partial charge in [0.25, 0.3) is 0 Å². The number of hydrogen-bond acceptors (Lipinski definition) is 4. The highest BCUT2D eigenvalue weighted by atomic mass is 16.1. The molecule has 1 aromatic rings. The molecule has 0 aromatic carbocycles. The van der Waals surface area contributed by atoms with Crippen LogP contribution < -0.4 is 0 Å². The third-order valence-electron chi connectivity index (χ3n) is 1.19. The summed E-state index contributed by atoms with van der Waals surface area (Å²) in [5, 5.41) is 11.3. The number of hydrogen-bond donors (Lipinski definition) is 0. The van der Waals surface area contributed by atoms with Crippen molar-refractivity contribution < 1.29 is 4.79 Å². The van der Waals surface area contributed by atoms with Crippen molar-refractivity contribution in [3.63, 3.8) is 0 Å². The van der Waals surface area contributed by atoms with Gasteiger partial charge in [-0.1, -0.05) is 13.8 Å². The molecular weight excluding hydrogens is 144 g/mol. The van der Waals surface area contributed by atoms with E-state index in [1.807, 2.05) is 13.8 Å². The molecule has 1 rings (SSSR count). The Morgan fingerprint density at radius 1 is 1.64 bits per heavy atom. The van der Waals surface area contributed by atoms with Crippen LogP contribution >= 0.6 is 0 Å². The largest absolute Gasteiger partial charge is 0.289 e. The van der Waals surface area contributed by atoms with E-state index in [-0.39, 0.29) is 12.5 Å². The summed E-state index contributed by atoms with van der Waals surface area (Å²) in [6.07, 6.45) is 1.68. The molecule has 1 aromatic heterocycles. The van der Waals surface area contributed by atoms with Gasteiger partial charge in [0.1, 0.15) is 6.54 Å². The average Bonchev–Trinajstić information content (AvgIpc) is 2.37. The van der Waals surface area contributed by atoms with Crippen LogP contribution in [0.1, 0.15) is 25.6 Å². The van der Waals surface area contributed by atoms with E-state index in [1.54, 1.807) is 6.29 Å². The molecule has 59 valence electrons. The summed E-state index contributed by atoms with van der Waals surface area (Å²) in [7, 11) is 0. The molecule has 0 aliphatic heterocycles. The summed E-state index contributed by atoms with van der Waals surface area (Å²) >= 11 is 0. The lowest BCUT2D eigenvalue weighted by Gasteiger charge is -1.92. The van der Waals surface area contributed by atoms with Crippen molar-refractivity contribution in [1.82, 2.24) is 20.2 Å². The van der Waals surface area contributed by atoms with E-state index in [0.717, 1.165) is 0 Å². The lowest BCUT2D eigenvalue weighted by molar-refractivity contribution is 0.517. The number of aromatic nitrogens is 4. The molecule has 0 spiro atoms. The van der Waals surface area contributed by atoms with E-state index in [0.29, 0.717) is 5.82 Å². The fourth-order valence-corrected chi connectivity index (χ4v) is 0.611. The van der Waals surface area contributed by atoms with E-state index in [1.165, 1.54) is 4.80 Å². The molecule has 5 heteroatoms. The van der Waals surface area contributed by atoms with Gasteiger partial charge in [-0.3, -0.25) is 4.79 Å². The summed E-state index contributed by atoms with van der Waals surface area (Å²) in [6.45, 7) is 3.98. The van der Waals surface area contributed by atoms with Crippen LogP contribution in [-0.2, 0) is 11.3 Å². The van der Waals surface area contributed by atoms with Crippen molar-refractivity contribution in [3.05, 3.63) is 5.82 Å². The lowest BCUT2D eigenvalue weighted by Crippen LogP contribution is -2.03. The Hall–Kier alpha value is -1.26. The summed E-state index contributed by atoms with van der Waals surface area (Å²) in [4.78, 5) is 11.1. The molecule has 5 nitrogen and oxygen atoms in total. The quantitative estimate of drug-likeness (QED) is 0.608. The van der Waals surface area contributed by atoms with Crippen molar-refractivity contribution in [2.24, 2.45) is 0 Å². The Morgan fingerprint density at radius 3 is 2.82 bits per heavy atom. The van der Waals surface area contributed by atoms with Crippen LogP contribution in [0.5, 0.6) is 0 Å². The minimum absolute atomic E-state index is 0.0553. The molecule has 0 fully saturated rings. The number of rotatable bonds is 3. The molecule has 0 aliphatic carbocycles. The van der Waals surface area contributed by atoms with Gasteiger partial charge in [-0.15, -0.1) is 10.2 Å². The van der Waals surface area contributed by atoms with Gasteiger partial charge in [0, 0.05) is 5.92 Å². The minimum Gasteiger partial charge on any atom is -0.289 e. The first-order valence-electron chi connectivity index (χ1n) is 3.36. The van der Waals surface area contributed by atoms with E-state index in [4.69, 9.17) is 0 Å². The van der Waals surface area contributed by atoms with E-state index >= 15 is 0 Å². The van der Waals surface area contributed by atoms with Gasteiger partial charge in [-0.2, -0.15) is 4.80 Å². The minimum atomic E-state index is 0.0553. The SMILES string of the molecule is CC(C)c1nnn(C[C]=O)n1. The smallest absolute Gasteiger partial charge is 0.223 e. The van der Waals surface area contributed by atoms with Crippen LogP contribution in [0.3, 0.4) is 0 Å². The van der Waals surface area contributed by atoms with Crippen LogP contribution in [0.25, 0.3) is 0 Å². The number of carbonyl (C=O) groups excluding carboxylic acids is 1. The third kappa shape index (κ3) is 1.83. The summed E-state index contributed by atoms with van der Waals surface area (Å²) in [5.74, 6) is 0.899. The summed E-state index contributed by atoms with van der Waals surface area (Å²) in [6, 6.07) is 0. The Balaban J connectivity index is 2.73. The molecule has 0 atom stereocenters. The monoisotopic (exact) mass is 153 g/mol. The Labute approximate surface area is 64.4 Å². The maximum Gasteiger partial charge on any atom is 0.223 e. The Bertz CT molecular complexity index is 242. The van der Waals surface area contributed by atoms with Crippen molar-refractivity contribution >= 4 is 6.29 Å². The number of tetrazole rings is 1. The highest BCUT2D eigenvalue weighted by Crippen LogP contribution is 2.04. The average molecular weight is 153 g/mol. The lowest BCUT2D eigenvalue weighted by atomic mass is 10.2. The Kier molecular flexibility index (Phi) is 2.30. The van der Waals surface area contributed by atoms with Crippen LogP contribution in [0, 0.1) is 0 Å². The molecule has 1 heterocycles. The number of nitrogens with zero attached hydrogens (tertiary/aromatic N) is 4. The molecule has 1 radical (unpaired) electrons. The summed E-state index contributed by atoms with van der Waals surface area (Å²) in [5.41, 5.74) is 0. The summed E-state index contributed by atoms with van der Waals surface area (Å²) < 4.78 is 0. The van der Waals surface area contributed by atoms with Crippen molar-refractivity contribution in [3.8, 4) is 0 Å². The first-order valence-corrected chi connectivity index (χ1v) is 3.36.